The molecule has 0 unspecified atom stereocenters. The number of hydrogen-bond acceptors (Lipinski definition) is 4. The van der Waals surface area contributed by atoms with Gasteiger partial charge in [-0.2, -0.15) is 0 Å². The molecule has 29 heavy (non-hydrogen) atoms. The summed E-state index contributed by atoms with van der Waals surface area (Å²) in [5.74, 6) is -0.587. The summed E-state index contributed by atoms with van der Waals surface area (Å²) in [4.78, 5) is 13.4. The van der Waals surface area contributed by atoms with Crippen molar-refractivity contribution in [3.63, 3.8) is 0 Å². The van der Waals surface area contributed by atoms with Gasteiger partial charge in [-0.3, -0.25) is 9.52 Å². The molecular formula is C19H19F3N2O4S. The van der Waals surface area contributed by atoms with Gasteiger partial charge in [0.05, 0.1) is 4.90 Å². The number of fused-ring (bicyclic) bond motifs is 1. The van der Waals surface area contributed by atoms with Gasteiger partial charge in [-0.1, -0.05) is 13.8 Å². The number of nitrogens with one attached hydrogen (secondary N) is 1. The molecule has 0 atom stereocenters. The standard InChI is InChI=1S/C19H19F3N2O4S/c1-12(25)24-11-18(2,3)16-10-15(8-9-17(16)24)29(26,27)23-13-4-6-14(7-5-13)28-19(20,21)22/h4-10,23H,11H2,1-3H3. The van der Waals surface area contributed by atoms with Crippen LogP contribution in [0.3, 0.4) is 0 Å². The zero-order valence-electron chi connectivity index (χ0n) is 15.9. The SMILES string of the molecule is CC(=O)N1CC(C)(C)c2cc(S(=O)(=O)Nc3ccc(OC(F)(F)F)cc3)ccc21. The smallest absolute Gasteiger partial charge is 0.406 e. The Bertz CT molecular complexity index is 1050. The molecule has 0 radical (unpaired) electrons. The van der Waals surface area contributed by atoms with E-state index in [1.165, 1.54) is 31.2 Å². The number of carbonyl (C=O) groups excluding carboxylic acids is 1. The Morgan fingerprint density at radius 2 is 1.76 bits per heavy atom. The van der Waals surface area contributed by atoms with Crippen molar-refractivity contribution in [1.29, 1.82) is 0 Å². The number of alkyl halides is 3. The van der Waals surface area contributed by atoms with Gasteiger partial charge >= 0.3 is 6.36 Å². The predicted octanol–water partition coefficient (Wildman–Crippen LogP) is 4.03. The second-order valence-electron chi connectivity index (χ2n) is 7.35. The summed E-state index contributed by atoms with van der Waals surface area (Å²) in [5, 5.41) is 0. The number of amides is 1. The van der Waals surface area contributed by atoms with Gasteiger partial charge in [0.25, 0.3) is 10.0 Å². The van der Waals surface area contributed by atoms with Gasteiger partial charge < -0.3 is 9.64 Å². The Morgan fingerprint density at radius 3 is 2.31 bits per heavy atom. The van der Waals surface area contributed by atoms with E-state index in [0.717, 1.165) is 17.7 Å². The lowest BCUT2D eigenvalue weighted by atomic mass is 9.87. The van der Waals surface area contributed by atoms with Gasteiger partial charge in [-0.05, 0) is 48.0 Å². The lowest BCUT2D eigenvalue weighted by molar-refractivity contribution is -0.274. The largest absolute Gasteiger partial charge is 0.573 e. The molecule has 0 aromatic heterocycles. The molecule has 0 fully saturated rings. The summed E-state index contributed by atoms with van der Waals surface area (Å²) in [6, 6.07) is 8.87. The Labute approximate surface area is 166 Å². The van der Waals surface area contributed by atoms with Crippen molar-refractivity contribution >= 4 is 27.3 Å². The summed E-state index contributed by atoms with van der Waals surface area (Å²) < 4.78 is 68.3. The van der Waals surface area contributed by atoms with Crippen LogP contribution in [-0.4, -0.2) is 27.2 Å². The molecule has 1 amide bonds. The third-order valence-corrected chi connectivity index (χ3v) is 5.95. The normalized spacial score (nSPS) is 15.7. The monoisotopic (exact) mass is 428 g/mol. The highest BCUT2D eigenvalue weighted by atomic mass is 32.2. The zero-order chi connectivity index (χ0) is 21.6. The second-order valence-corrected chi connectivity index (χ2v) is 9.03. The first-order valence-electron chi connectivity index (χ1n) is 8.60. The fourth-order valence-corrected chi connectivity index (χ4v) is 4.33. The van der Waals surface area contributed by atoms with E-state index in [2.05, 4.69) is 9.46 Å². The fourth-order valence-electron chi connectivity index (χ4n) is 3.25. The van der Waals surface area contributed by atoms with E-state index in [0.29, 0.717) is 12.2 Å². The third kappa shape index (κ3) is 4.47. The highest BCUT2D eigenvalue weighted by Crippen LogP contribution is 2.41. The minimum absolute atomic E-state index is 0.00894. The average molecular weight is 428 g/mol. The van der Waals surface area contributed by atoms with Crippen LogP contribution in [0.2, 0.25) is 0 Å². The first-order chi connectivity index (χ1) is 13.3. The van der Waals surface area contributed by atoms with Crippen LogP contribution in [0, 0.1) is 0 Å². The van der Waals surface area contributed by atoms with Crippen molar-refractivity contribution in [1.82, 2.24) is 0 Å². The molecule has 2 aromatic carbocycles. The van der Waals surface area contributed by atoms with Crippen molar-refractivity contribution in [3.05, 3.63) is 48.0 Å². The minimum Gasteiger partial charge on any atom is -0.406 e. The predicted molar refractivity (Wildman–Crippen MR) is 101 cm³/mol. The van der Waals surface area contributed by atoms with Crippen LogP contribution in [0.4, 0.5) is 24.5 Å². The van der Waals surface area contributed by atoms with E-state index < -0.39 is 27.6 Å². The van der Waals surface area contributed by atoms with Gasteiger partial charge in [0.1, 0.15) is 5.75 Å². The summed E-state index contributed by atoms with van der Waals surface area (Å²) in [5.41, 5.74) is 1.05. The van der Waals surface area contributed by atoms with Gasteiger partial charge in [0, 0.05) is 30.3 Å². The van der Waals surface area contributed by atoms with Crippen LogP contribution < -0.4 is 14.4 Å². The van der Waals surface area contributed by atoms with E-state index in [-0.39, 0.29) is 16.5 Å². The molecule has 6 nitrogen and oxygen atoms in total. The molecule has 1 N–H and O–H groups in total. The maximum atomic E-state index is 12.7. The molecule has 1 heterocycles. The Hall–Kier alpha value is -2.75. The van der Waals surface area contributed by atoms with Crippen LogP contribution >= 0.6 is 0 Å². The molecule has 0 spiro atoms. The maximum Gasteiger partial charge on any atom is 0.573 e. The van der Waals surface area contributed by atoms with Gasteiger partial charge in [0.15, 0.2) is 0 Å². The minimum atomic E-state index is -4.83. The number of nitrogens with zero attached hydrogens (tertiary/aromatic N) is 1. The fraction of sp³-hybridized carbons (Fsp3) is 0.316. The number of halogens is 3. The summed E-state index contributed by atoms with van der Waals surface area (Å²) in [6.07, 6.45) is -4.83. The van der Waals surface area contributed by atoms with Crippen LogP contribution in [-0.2, 0) is 20.2 Å². The van der Waals surface area contributed by atoms with Crippen molar-refractivity contribution in [2.75, 3.05) is 16.2 Å². The number of anilines is 2. The molecule has 0 aliphatic carbocycles. The lowest BCUT2D eigenvalue weighted by Crippen LogP contribution is -2.31. The summed E-state index contributed by atoms with van der Waals surface area (Å²) in [7, 11) is -3.99. The number of benzene rings is 2. The van der Waals surface area contributed by atoms with Crippen LogP contribution in [0.15, 0.2) is 47.4 Å². The van der Waals surface area contributed by atoms with Gasteiger partial charge in [0.2, 0.25) is 5.91 Å². The van der Waals surface area contributed by atoms with E-state index in [9.17, 15) is 26.4 Å². The molecule has 2 aromatic rings. The van der Waals surface area contributed by atoms with E-state index in [4.69, 9.17) is 0 Å². The van der Waals surface area contributed by atoms with Crippen molar-refractivity contribution in [3.8, 4) is 5.75 Å². The summed E-state index contributed by atoms with van der Waals surface area (Å²) in [6.45, 7) is 5.72. The van der Waals surface area contributed by atoms with Crippen molar-refractivity contribution < 1.29 is 31.1 Å². The number of hydrogen-bond donors (Lipinski definition) is 1. The van der Waals surface area contributed by atoms with E-state index in [1.54, 1.807) is 11.0 Å². The van der Waals surface area contributed by atoms with E-state index in [1.807, 2.05) is 13.8 Å². The number of rotatable bonds is 4. The molecule has 1 aliphatic heterocycles. The van der Waals surface area contributed by atoms with Crippen LogP contribution in [0.1, 0.15) is 26.3 Å². The van der Waals surface area contributed by atoms with Crippen molar-refractivity contribution in [2.45, 2.75) is 37.4 Å². The molecule has 0 bridgehead atoms. The Morgan fingerprint density at radius 1 is 1.14 bits per heavy atom. The third-order valence-electron chi connectivity index (χ3n) is 4.57. The number of sulfonamides is 1. The Balaban J connectivity index is 1.86. The Kier molecular flexibility index (Phi) is 5.02. The van der Waals surface area contributed by atoms with Gasteiger partial charge in [-0.25, -0.2) is 8.42 Å². The molecular weight excluding hydrogens is 409 g/mol. The highest BCUT2D eigenvalue weighted by molar-refractivity contribution is 7.92. The average Bonchev–Trinajstić information content (AvgIpc) is 2.86. The maximum absolute atomic E-state index is 12.7. The number of ether oxygens (including phenoxy) is 1. The van der Waals surface area contributed by atoms with Gasteiger partial charge in [-0.15, -0.1) is 13.2 Å². The molecule has 3 rings (SSSR count). The number of carbonyl (C=O) groups is 1. The molecule has 10 heteroatoms. The van der Waals surface area contributed by atoms with Crippen LogP contribution in [0.5, 0.6) is 5.75 Å². The second kappa shape index (κ2) is 6.94. The van der Waals surface area contributed by atoms with Crippen molar-refractivity contribution in [2.24, 2.45) is 0 Å². The first-order valence-corrected chi connectivity index (χ1v) is 10.1. The van der Waals surface area contributed by atoms with Crippen LogP contribution in [0.25, 0.3) is 0 Å². The molecule has 0 saturated heterocycles. The quantitative estimate of drug-likeness (QED) is 0.798. The topological polar surface area (TPSA) is 75.7 Å². The molecule has 1 aliphatic rings. The highest BCUT2D eigenvalue weighted by Gasteiger charge is 2.37. The lowest BCUT2D eigenvalue weighted by Gasteiger charge is -2.19. The molecule has 156 valence electrons. The van der Waals surface area contributed by atoms with E-state index >= 15 is 0 Å². The first kappa shape index (κ1) is 21.0. The summed E-state index contributed by atoms with van der Waals surface area (Å²) >= 11 is 0. The zero-order valence-corrected chi connectivity index (χ0v) is 16.7. The molecule has 0 saturated carbocycles.